The summed E-state index contributed by atoms with van der Waals surface area (Å²) in [6.07, 6.45) is 7.37. The van der Waals surface area contributed by atoms with Crippen molar-refractivity contribution in [2.75, 3.05) is 6.54 Å². The fourth-order valence-corrected chi connectivity index (χ4v) is 3.67. The third kappa shape index (κ3) is 2.66. The van der Waals surface area contributed by atoms with Crippen molar-refractivity contribution in [2.45, 2.75) is 59.0 Å². The van der Waals surface area contributed by atoms with Gasteiger partial charge < -0.3 is 5.32 Å². The van der Waals surface area contributed by atoms with Crippen molar-refractivity contribution in [2.24, 2.45) is 11.8 Å². The van der Waals surface area contributed by atoms with Crippen LogP contribution in [0.4, 0.5) is 0 Å². The average Bonchev–Trinajstić information content (AvgIpc) is 2.79. The van der Waals surface area contributed by atoms with Crippen LogP contribution in [0.5, 0.6) is 0 Å². The largest absolute Gasteiger partial charge is 0.307 e. The number of nitrogens with one attached hydrogen (secondary N) is 1. The highest BCUT2D eigenvalue weighted by molar-refractivity contribution is 5.10. The van der Waals surface area contributed by atoms with Crippen LogP contribution in [-0.4, -0.2) is 21.3 Å². The number of fused-ring (bicyclic) bond motifs is 1. The Labute approximate surface area is 121 Å². The Kier molecular flexibility index (Phi) is 3.92. The lowest BCUT2D eigenvalue weighted by molar-refractivity contribution is 0.305. The summed E-state index contributed by atoms with van der Waals surface area (Å²) in [6.45, 7) is 8.75. The number of hydrogen-bond donors (Lipinski definition) is 1. The molecule has 3 unspecified atom stereocenters. The molecule has 4 nitrogen and oxygen atoms in total. The number of allylic oxidation sites excluding steroid dienone is 1. The molecule has 3 rings (SSSR count). The molecule has 110 valence electrons. The predicted octanol–water partition coefficient (Wildman–Crippen LogP) is 3.00. The maximum absolute atomic E-state index is 4.61. The number of nitrogens with zero attached hydrogens (tertiary/aromatic N) is 3. The van der Waals surface area contributed by atoms with Crippen molar-refractivity contribution in [3.05, 3.63) is 23.3 Å². The van der Waals surface area contributed by atoms with Crippen LogP contribution in [-0.2, 0) is 6.54 Å². The molecular formula is C16H26N4. The van der Waals surface area contributed by atoms with Gasteiger partial charge in [0.05, 0.1) is 6.04 Å². The second-order valence-electron chi connectivity index (χ2n) is 6.45. The molecule has 1 aliphatic carbocycles. The molecule has 0 spiro atoms. The molecule has 1 aliphatic heterocycles. The maximum atomic E-state index is 4.61. The third-order valence-electron chi connectivity index (χ3n) is 4.92. The summed E-state index contributed by atoms with van der Waals surface area (Å²) in [7, 11) is 0. The Morgan fingerprint density at radius 2 is 2.20 bits per heavy atom. The summed E-state index contributed by atoms with van der Waals surface area (Å²) in [5, 5.41) is 8.24. The minimum Gasteiger partial charge on any atom is -0.307 e. The quantitative estimate of drug-likeness (QED) is 0.862. The van der Waals surface area contributed by atoms with Crippen LogP contribution in [0.1, 0.15) is 57.2 Å². The van der Waals surface area contributed by atoms with E-state index in [2.05, 4.69) is 40.0 Å². The van der Waals surface area contributed by atoms with Gasteiger partial charge in [-0.2, -0.15) is 5.10 Å². The Hall–Kier alpha value is -1.16. The van der Waals surface area contributed by atoms with Gasteiger partial charge in [0.15, 0.2) is 0 Å². The first kappa shape index (κ1) is 13.8. The van der Waals surface area contributed by atoms with Gasteiger partial charge in [0.1, 0.15) is 11.6 Å². The first-order valence-corrected chi connectivity index (χ1v) is 7.96. The molecule has 2 aliphatic rings. The van der Waals surface area contributed by atoms with Gasteiger partial charge in [-0.1, -0.05) is 18.6 Å². The number of aromatic nitrogens is 3. The molecule has 0 fully saturated rings. The highest BCUT2D eigenvalue weighted by Crippen LogP contribution is 2.31. The molecule has 0 saturated heterocycles. The van der Waals surface area contributed by atoms with E-state index >= 15 is 0 Å². The Balaban J connectivity index is 1.67. The van der Waals surface area contributed by atoms with Gasteiger partial charge in [0.25, 0.3) is 0 Å². The highest BCUT2D eigenvalue weighted by atomic mass is 15.4. The second-order valence-corrected chi connectivity index (χ2v) is 6.45. The monoisotopic (exact) mass is 274 g/mol. The summed E-state index contributed by atoms with van der Waals surface area (Å²) < 4.78 is 2.09. The molecule has 0 amide bonds. The molecule has 3 atom stereocenters. The summed E-state index contributed by atoms with van der Waals surface area (Å²) in [6, 6.07) is 0.381. The van der Waals surface area contributed by atoms with E-state index in [9.17, 15) is 0 Å². The molecule has 0 radical (unpaired) electrons. The van der Waals surface area contributed by atoms with Gasteiger partial charge in [0.2, 0.25) is 0 Å². The second kappa shape index (κ2) is 5.68. The minimum atomic E-state index is 0.381. The molecule has 1 aromatic rings. The predicted molar refractivity (Wildman–Crippen MR) is 80.4 cm³/mol. The Bertz CT molecular complexity index is 503. The smallest absolute Gasteiger partial charge is 0.147 e. The molecule has 0 aromatic carbocycles. The van der Waals surface area contributed by atoms with Gasteiger partial charge in [-0.05, 0) is 51.4 Å². The van der Waals surface area contributed by atoms with E-state index in [4.69, 9.17) is 0 Å². The average molecular weight is 274 g/mol. The number of aryl methyl sites for hydroxylation is 2. The molecule has 1 N–H and O–H groups in total. The molecule has 1 aromatic heterocycles. The van der Waals surface area contributed by atoms with Crippen LogP contribution in [0.25, 0.3) is 0 Å². The van der Waals surface area contributed by atoms with E-state index in [1.54, 1.807) is 5.57 Å². The first-order valence-electron chi connectivity index (χ1n) is 7.96. The van der Waals surface area contributed by atoms with Crippen LogP contribution in [0.15, 0.2) is 11.6 Å². The summed E-state index contributed by atoms with van der Waals surface area (Å²) in [4.78, 5) is 4.61. The molecule has 0 saturated carbocycles. The van der Waals surface area contributed by atoms with Crippen molar-refractivity contribution in [1.82, 2.24) is 20.1 Å². The van der Waals surface area contributed by atoms with Crippen LogP contribution >= 0.6 is 0 Å². The van der Waals surface area contributed by atoms with E-state index in [0.717, 1.165) is 30.7 Å². The van der Waals surface area contributed by atoms with E-state index < -0.39 is 0 Å². The van der Waals surface area contributed by atoms with Crippen molar-refractivity contribution in [3.8, 4) is 0 Å². The first-order chi connectivity index (χ1) is 9.65. The van der Waals surface area contributed by atoms with Crippen LogP contribution in [0.2, 0.25) is 0 Å². The SMILES string of the molecule is CC1=CCCC(C)C1CNC1CCCn2nc(C)nc21. The van der Waals surface area contributed by atoms with Crippen LogP contribution in [0, 0.1) is 18.8 Å². The fourth-order valence-electron chi connectivity index (χ4n) is 3.67. The maximum Gasteiger partial charge on any atom is 0.147 e. The zero-order chi connectivity index (χ0) is 14.1. The summed E-state index contributed by atoms with van der Waals surface area (Å²) in [5.74, 6) is 3.51. The molecular weight excluding hydrogens is 248 g/mol. The van der Waals surface area contributed by atoms with Gasteiger partial charge in [-0.15, -0.1) is 0 Å². The Morgan fingerprint density at radius 3 is 3.00 bits per heavy atom. The van der Waals surface area contributed by atoms with Gasteiger partial charge in [-0.25, -0.2) is 9.67 Å². The molecule has 4 heteroatoms. The lowest BCUT2D eigenvalue weighted by atomic mass is 9.80. The lowest BCUT2D eigenvalue weighted by Gasteiger charge is -2.31. The van der Waals surface area contributed by atoms with E-state index in [1.165, 1.54) is 25.7 Å². The van der Waals surface area contributed by atoms with Gasteiger partial charge >= 0.3 is 0 Å². The van der Waals surface area contributed by atoms with Crippen molar-refractivity contribution in [1.29, 1.82) is 0 Å². The zero-order valence-electron chi connectivity index (χ0n) is 12.9. The summed E-state index contributed by atoms with van der Waals surface area (Å²) in [5.41, 5.74) is 1.56. The lowest BCUT2D eigenvalue weighted by Crippen LogP contribution is -2.35. The van der Waals surface area contributed by atoms with Crippen LogP contribution < -0.4 is 5.32 Å². The Morgan fingerprint density at radius 1 is 1.35 bits per heavy atom. The number of rotatable bonds is 3. The zero-order valence-corrected chi connectivity index (χ0v) is 12.9. The topological polar surface area (TPSA) is 42.7 Å². The van der Waals surface area contributed by atoms with Crippen molar-refractivity contribution in [3.63, 3.8) is 0 Å². The van der Waals surface area contributed by atoms with Gasteiger partial charge in [0, 0.05) is 13.1 Å². The molecule has 0 bridgehead atoms. The van der Waals surface area contributed by atoms with Gasteiger partial charge in [-0.3, -0.25) is 0 Å². The van der Waals surface area contributed by atoms with Crippen molar-refractivity contribution < 1.29 is 0 Å². The standard InChI is InChI=1S/C16H26N4/c1-11-6-4-7-12(2)14(11)10-17-15-8-5-9-20-16(15)18-13(3)19-20/h6,12,14-15,17H,4-5,7-10H2,1-3H3. The number of hydrogen-bond acceptors (Lipinski definition) is 3. The normalized spacial score (nSPS) is 29.9. The fraction of sp³-hybridized carbons (Fsp3) is 0.750. The van der Waals surface area contributed by atoms with Crippen molar-refractivity contribution >= 4 is 0 Å². The van der Waals surface area contributed by atoms with E-state index in [-0.39, 0.29) is 0 Å². The molecule has 20 heavy (non-hydrogen) atoms. The van der Waals surface area contributed by atoms with E-state index in [1.807, 2.05) is 6.92 Å². The summed E-state index contributed by atoms with van der Waals surface area (Å²) >= 11 is 0. The van der Waals surface area contributed by atoms with Crippen LogP contribution in [0.3, 0.4) is 0 Å². The highest BCUT2D eigenvalue weighted by Gasteiger charge is 2.26. The minimum absolute atomic E-state index is 0.381. The van der Waals surface area contributed by atoms with E-state index in [0.29, 0.717) is 12.0 Å². The molecule has 2 heterocycles. The third-order valence-corrected chi connectivity index (χ3v) is 4.92.